The van der Waals surface area contributed by atoms with E-state index < -0.39 is 11.8 Å². The van der Waals surface area contributed by atoms with Gasteiger partial charge in [-0.3, -0.25) is 14.4 Å². The summed E-state index contributed by atoms with van der Waals surface area (Å²) in [5, 5.41) is 5.70. The van der Waals surface area contributed by atoms with Crippen LogP contribution in [-0.4, -0.2) is 17.3 Å². The van der Waals surface area contributed by atoms with Gasteiger partial charge in [0, 0.05) is 22.3 Å². The standard InChI is InChI=1S/C37H22O3/c1-17-15-25-30-32(23-13-11-19-7-3-5-9-21(19)28(23)35(25)38)37(40)33-24-14-12-20-8-4-6-10-22(20)29(24)36(39)26-16-18(2)27(17)34(30)31(26)33/h3-16,32-33H,1-2H3. The molecule has 6 aromatic carbocycles. The predicted octanol–water partition coefficient (Wildman–Crippen LogP) is 7.70. The molecule has 0 fully saturated rings. The lowest BCUT2D eigenvalue weighted by atomic mass is 9.60. The summed E-state index contributed by atoms with van der Waals surface area (Å²) in [7, 11) is 0. The Morgan fingerprint density at radius 2 is 0.975 bits per heavy atom. The van der Waals surface area contributed by atoms with Gasteiger partial charge in [-0.2, -0.15) is 0 Å². The highest BCUT2D eigenvalue weighted by molar-refractivity contribution is 6.29. The number of fused-ring (bicyclic) bond motifs is 8. The average Bonchev–Trinajstić information content (AvgIpc) is 2.97. The number of hydrogen-bond donors (Lipinski definition) is 0. The third kappa shape index (κ3) is 2.41. The molecular formula is C37H22O3. The molecule has 0 aliphatic heterocycles. The summed E-state index contributed by atoms with van der Waals surface area (Å²) in [5.41, 5.74) is 7.56. The highest BCUT2D eigenvalue weighted by Crippen LogP contribution is 2.56. The molecule has 3 nitrogen and oxygen atoms in total. The highest BCUT2D eigenvalue weighted by Gasteiger charge is 2.49. The summed E-state index contributed by atoms with van der Waals surface area (Å²) < 4.78 is 0. The fraction of sp³-hybridized carbons (Fsp3) is 0.108. The van der Waals surface area contributed by atoms with E-state index in [9.17, 15) is 14.4 Å². The SMILES string of the molecule is Cc1cc2c3c4c5c(cc(C)c14)C(=O)c1c(ccc4ccccc14)C5C(=O)C3c1ccc3ccccc3c1C2=O. The van der Waals surface area contributed by atoms with Crippen molar-refractivity contribution < 1.29 is 14.4 Å². The number of carbonyl (C=O) groups excluding carboxylic acids is 3. The Kier molecular flexibility index (Phi) is 3.95. The monoisotopic (exact) mass is 514 g/mol. The third-order valence-electron chi connectivity index (χ3n) is 9.51. The Morgan fingerprint density at radius 1 is 0.525 bits per heavy atom. The van der Waals surface area contributed by atoms with Crippen molar-refractivity contribution in [3.63, 3.8) is 0 Å². The van der Waals surface area contributed by atoms with Crippen LogP contribution in [0, 0.1) is 13.8 Å². The Hall–Kier alpha value is -4.89. The van der Waals surface area contributed by atoms with E-state index in [0.717, 1.165) is 65.7 Å². The predicted molar refractivity (Wildman–Crippen MR) is 157 cm³/mol. The number of benzene rings is 6. The van der Waals surface area contributed by atoms with Crippen LogP contribution in [0.4, 0.5) is 0 Å². The molecule has 0 amide bonds. The van der Waals surface area contributed by atoms with Gasteiger partial charge in [-0.25, -0.2) is 0 Å². The van der Waals surface area contributed by atoms with Crippen LogP contribution in [0.3, 0.4) is 0 Å². The molecule has 3 aliphatic carbocycles. The molecule has 0 radical (unpaired) electrons. The van der Waals surface area contributed by atoms with Gasteiger partial charge in [0.1, 0.15) is 0 Å². The molecule has 0 heterocycles. The molecule has 0 aromatic heterocycles. The molecular weight excluding hydrogens is 492 g/mol. The van der Waals surface area contributed by atoms with Crippen LogP contribution < -0.4 is 0 Å². The summed E-state index contributed by atoms with van der Waals surface area (Å²) in [6, 6.07) is 27.7. The molecule has 0 saturated heterocycles. The minimum absolute atomic E-state index is 0.0390. The molecule has 188 valence electrons. The maximum Gasteiger partial charge on any atom is 0.194 e. The van der Waals surface area contributed by atoms with Crippen molar-refractivity contribution in [3.8, 4) is 0 Å². The van der Waals surface area contributed by atoms with Crippen molar-refractivity contribution in [2.24, 2.45) is 0 Å². The molecule has 40 heavy (non-hydrogen) atoms. The molecule has 6 aromatic rings. The molecule has 3 heteroatoms. The van der Waals surface area contributed by atoms with Gasteiger partial charge in [-0.1, -0.05) is 72.8 Å². The van der Waals surface area contributed by atoms with Crippen molar-refractivity contribution in [2.45, 2.75) is 25.7 Å². The fourth-order valence-electron chi connectivity index (χ4n) is 8.00. The highest BCUT2D eigenvalue weighted by atomic mass is 16.1. The molecule has 9 rings (SSSR count). The fourth-order valence-corrected chi connectivity index (χ4v) is 8.00. The van der Waals surface area contributed by atoms with Gasteiger partial charge in [0.25, 0.3) is 0 Å². The van der Waals surface area contributed by atoms with E-state index in [2.05, 4.69) is 0 Å². The first-order valence-electron chi connectivity index (χ1n) is 13.7. The van der Waals surface area contributed by atoms with Crippen molar-refractivity contribution in [2.75, 3.05) is 0 Å². The van der Waals surface area contributed by atoms with Crippen LogP contribution in [-0.2, 0) is 4.79 Å². The van der Waals surface area contributed by atoms with Crippen molar-refractivity contribution in [3.05, 3.63) is 141 Å². The maximum atomic E-state index is 14.9. The largest absolute Gasteiger partial charge is 0.298 e. The molecule has 2 unspecified atom stereocenters. The van der Waals surface area contributed by atoms with E-state index in [1.165, 1.54) is 0 Å². The number of Topliss-reactive ketones (excluding diaryl/α,β-unsaturated/α-hetero) is 1. The maximum absolute atomic E-state index is 14.9. The topological polar surface area (TPSA) is 51.2 Å². The number of carbonyl (C=O) groups is 3. The van der Waals surface area contributed by atoms with Gasteiger partial charge >= 0.3 is 0 Å². The normalized spacial score (nSPS) is 18.4. The molecule has 0 saturated carbocycles. The van der Waals surface area contributed by atoms with Gasteiger partial charge in [0.15, 0.2) is 17.3 Å². The van der Waals surface area contributed by atoms with E-state index in [1.807, 2.05) is 98.8 Å². The number of ketones is 3. The Labute approximate surface area is 230 Å². The van der Waals surface area contributed by atoms with Gasteiger partial charge in [0.05, 0.1) is 11.8 Å². The van der Waals surface area contributed by atoms with E-state index in [1.54, 1.807) is 0 Å². The van der Waals surface area contributed by atoms with E-state index >= 15 is 0 Å². The second-order valence-corrected chi connectivity index (χ2v) is 11.5. The lowest BCUT2D eigenvalue weighted by Crippen LogP contribution is -2.36. The average molecular weight is 515 g/mol. The van der Waals surface area contributed by atoms with Crippen molar-refractivity contribution in [1.29, 1.82) is 0 Å². The Balaban J connectivity index is 1.49. The quantitative estimate of drug-likeness (QED) is 0.209. The minimum Gasteiger partial charge on any atom is -0.298 e. The molecule has 2 atom stereocenters. The van der Waals surface area contributed by atoms with Gasteiger partial charge in [0.2, 0.25) is 0 Å². The molecule has 0 N–H and O–H groups in total. The minimum atomic E-state index is -0.574. The van der Waals surface area contributed by atoms with Crippen LogP contribution in [0.15, 0.2) is 84.9 Å². The summed E-state index contributed by atoms with van der Waals surface area (Å²) in [6.45, 7) is 4.07. The lowest BCUT2D eigenvalue weighted by molar-refractivity contribution is -0.120. The number of rotatable bonds is 0. The summed E-state index contributed by atoms with van der Waals surface area (Å²) >= 11 is 0. The molecule has 0 bridgehead atoms. The summed E-state index contributed by atoms with van der Waals surface area (Å²) in [5.74, 6) is -1.20. The zero-order chi connectivity index (χ0) is 27.0. The third-order valence-corrected chi connectivity index (χ3v) is 9.51. The van der Waals surface area contributed by atoms with Crippen molar-refractivity contribution in [1.82, 2.24) is 0 Å². The Bertz CT molecular complexity index is 2100. The second-order valence-electron chi connectivity index (χ2n) is 11.5. The number of aryl methyl sites for hydroxylation is 2. The number of hydrogen-bond acceptors (Lipinski definition) is 3. The first-order valence-corrected chi connectivity index (χ1v) is 13.7. The smallest absolute Gasteiger partial charge is 0.194 e. The zero-order valence-corrected chi connectivity index (χ0v) is 22.0. The van der Waals surface area contributed by atoms with Crippen LogP contribution in [0.1, 0.15) is 77.1 Å². The first-order chi connectivity index (χ1) is 19.5. The molecule has 3 aliphatic rings. The first kappa shape index (κ1) is 22.0. The van der Waals surface area contributed by atoms with Crippen LogP contribution in [0.2, 0.25) is 0 Å². The van der Waals surface area contributed by atoms with Gasteiger partial charge in [-0.05, 0) is 91.7 Å². The van der Waals surface area contributed by atoms with Crippen LogP contribution in [0.5, 0.6) is 0 Å². The summed E-state index contributed by atoms with van der Waals surface area (Å²) in [6.07, 6.45) is 0. The second kappa shape index (κ2) is 7.19. The molecule has 0 spiro atoms. The van der Waals surface area contributed by atoms with E-state index in [4.69, 9.17) is 0 Å². The van der Waals surface area contributed by atoms with E-state index in [0.29, 0.717) is 22.3 Å². The Morgan fingerprint density at radius 3 is 1.45 bits per heavy atom. The lowest BCUT2D eigenvalue weighted by Gasteiger charge is -2.40. The van der Waals surface area contributed by atoms with Gasteiger partial charge < -0.3 is 0 Å². The van der Waals surface area contributed by atoms with Crippen LogP contribution in [0.25, 0.3) is 32.3 Å². The zero-order valence-electron chi connectivity index (χ0n) is 22.0. The van der Waals surface area contributed by atoms with E-state index in [-0.39, 0.29) is 17.3 Å². The van der Waals surface area contributed by atoms with Gasteiger partial charge in [-0.15, -0.1) is 0 Å². The van der Waals surface area contributed by atoms with Crippen molar-refractivity contribution >= 4 is 49.7 Å². The van der Waals surface area contributed by atoms with Crippen LogP contribution >= 0.6 is 0 Å². The summed E-state index contributed by atoms with van der Waals surface area (Å²) in [4.78, 5) is 43.5.